The molecule has 0 bridgehead atoms. The van der Waals surface area contributed by atoms with E-state index in [0.717, 1.165) is 19.4 Å². The molecule has 17 heavy (non-hydrogen) atoms. The van der Waals surface area contributed by atoms with E-state index >= 15 is 0 Å². The second kappa shape index (κ2) is 4.74. The van der Waals surface area contributed by atoms with Gasteiger partial charge in [0.2, 0.25) is 11.7 Å². The minimum atomic E-state index is -0.455. The molecule has 1 aliphatic heterocycles. The summed E-state index contributed by atoms with van der Waals surface area (Å²) in [6.07, 6.45) is 1.97. The number of methoxy groups -OCH3 is 1. The van der Waals surface area contributed by atoms with Crippen molar-refractivity contribution in [3.8, 4) is 0 Å². The molecule has 0 saturated carbocycles. The van der Waals surface area contributed by atoms with Crippen LogP contribution in [0.3, 0.4) is 0 Å². The summed E-state index contributed by atoms with van der Waals surface area (Å²) in [6, 6.07) is 0.189. The van der Waals surface area contributed by atoms with E-state index in [9.17, 15) is 0 Å². The number of hydrogen-bond donors (Lipinski definition) is 1. The molecule has 3 unspecified atom stereocenters. The van der Waals surface area contributed by atoms with E-state index in [0.29, 0.717) is 17.6 Å². The maximum atomic E-state index is 5.47. The maximum Gasteiger partial charge on any atom is 0.244 e. The molecule has 5 heteroatoms. The van der Waals surface area contributed by atoms with Gasteiger partial charge in [-0.05, 0) is 32.2 Å². The average Bonchev–Trinajstić information content (AvgIpc) is 2.96. The quantitative estimate of drug-likeness (QED) is 0.871. The molecular formula is C12H21N3O2. The van der Waals surface area contributed by atoms with Gasteiger partial charge in [-0.15, -0.1) is 0 Å². The highest BCUT2D eigenvalue weighted by atomic mass is 16.5. The fourth-order valence-corrected chi connectivity index (χ4v) is 2.14. The molecule has 1 N–H and O–H groups in total. The van der Waals surface area contributed by atoms with Gasteiger partial charge in [-0.2, -0.15) is 4.98 Å². The fourth-order valence-electron chi connectivity index (χ4n) is 2.14. The molecule has 0 amide bonds. The Hall–Kier alpha value is -0.940. The topological polar surface area (TPSA) is 60.2 Å². The van der Waals surface area contributed by atoms with Gasteiger partial charge in [0, 0.05) is 7.11 Å². The second-order valence-corrected chi connectivity index (χ2v) is 4.94. The first-order chi connectivity index (χ1) is 8.10. The van der Waals surface area contributed by atoms with E-state index in [-0.39, 0.29) is 6.04 Å². The van der Waals surface area contributed by atoms with Gasteiger partial charge in [0.1, 0.15) is 5.60 Å². The van der Waals surface area contributed by atoms with Gasteiger partial charge in [-0.1, -0.05) is 19.0 Å². The van der Waals surface area contributed by atoms with Crippen molar-refractivity contribution in [2.75, 3.05) is 13.7 Å². The number of nitrogens with zero attached hydrogens (tertiary/aromatic N) is 2. The highest BCUT2D eigenvalue weighted by Crippen LogP contribution is 2.31. The molecule has 0 aromatic carbocycles. The number of nitrogens with one attached hydrogen (secondary N) is 1. The van der Waals surface area contributed by atoms with E-state index in [1.807, 2.05) is 6.92 Å². The number of rotatable bonds is 4. The predicted molar refractivity (Wildman–Crippen MR) is 63.5 cm³/mol. The first-order valence-electron chi connectivity index (χ1n) is 6.23. The van der Waals surface area contributed by atoms with Crippen LogP contribution in [-0.4, -0.2) is 23.8 Å². The van der Waals surface area contributed by atoms with Crippen LogP contribution in [0, 0.1) is 5.92 Å². The lowest BCUT2D eigenvalue weighted by Crippen LogP contribution is -2.25. The average molecular weight is 239 g/mol. The molecule has 2 heterocycles. The van der Waals surface area contributed by atoms with Crippen molar-refractivity contribution >= 4 is 0 Å². The third-order valence-electron chi connectivity index (χ3n) is 3.84. The van der Waals surface area contributed by atoms with Gasteiger partial charge in [0.15, 0.2) is 0 Å². The number of hydrogen-bond acceptors (Lipinski definition) is 5. The summed E-state index contributed by atoms with van der Waals surface area (Å²) in [4.78, 5) is 4.49. The molecule has 3 atom stereocenters. The molecule has 1 aromatic rings. The zero-order valence-electron chi connectivity index (χ0n) is 11.0. The highest BCUT2D eigenvalue weighted by Gasteiger charge is 2.34. The van der Waals surface area contributed by atoms with Crippen molar-refractivity contribution in [3.63, 3.8) is 0 Å². The van der Waals surface area contributed by atoms with Crippen LogP contribution in [0.4, 0.5) is 0 Å². The Labute approximate surface area is 102 Å². The van der Waals surface area contributed by atoms with Crippen LogP contribution in [0.2, 0.25) is 0 Å². The van der Waals surface area contributed by atoms with Crippen molar-refractivity contribution in [2.45, 2.75) is 45.3 Å². The maximum absolute atomic E-state index is 5.47. The van der Waals surface area contributed by atoms with Gasteiger partial charge < -0.3 is 14.6 Å². The summed E-state index contributed by atoms with van der Waals surface area (Å²) < 4.78 is 10.8. The molecule has 0 radical (unpaired) electrons. The van der Waals surface area contributed by atoms with E-state index in [1.54, 1.807) is 7.11 Å². The minimum absolute atomic E-state index is 0.189. The normalized spacial score (nSPS) is 28.2. The summed E-state index contributed by atoms with van der Waals surface area (Å²) in [5.41, 5.74) is -0.455. The first-order valence-corrected chi connectivity index (χ1v) is 6.23. The lowest BCUT2D eigenvalue weighted by molar-refractivity contribution is -0.0106. The number of ether oxygens (including phenoxy) is 1. The Balaban J connectivity index is 2.21. The molecule has 0 spiro atoms. The van der Waals surface area contributed by atoms with E-state index in [1.165, 1.54) is 0 Å². The third-order valence-corrected chi connectivity index (χ3v) is 3.84. The monoisotopic (exact) mass is 239 g/mol. The smallest absolute Gasteiger partial charge is 0.244 e. The Morgan fingerprint density at radius 3 is 2.88 bits per heavy atom. The molecule has 5 nitrogen and oxygen atoms in total. The second-order valence-electron chi connectivity index (χ2n) is 4.94. The van der Waals surface area contributed by atoms with Gasteiger partial charge in [-0.25, -0.2) is 0 Å². The van der Waals surface area contributed by atoms with Crippen molar-refractivity contribution < 1.29 is 9.26 Å². The summed E-state index contributed by atoms with van der Waals surface area (Å²) in [5, 5.41) is 7.44. The minimum Gasteiger partial charge on any atom is -0.370 e. The first kappa shape index (κ1) is 12.5. The SMILES string of the molecule is CCC(C)(OC)c1noc(C2NCCC2C)n1. The Kier molecular flexibility index (Phi) is 3.49. The van der Waals surface area contributed by atoms with Crippen LogP contribution < -0.4 is 5.32 Å². The Bertz CT molecular complexity index is 374. The zero-order valence-corrected chi connectivity index (χ0v) is 11.0. The van der Waals surface area contributed by atoms with E-state index in [4.69, 9.17) is 9.26 Å². The predicted octanol–water partition coefficient (Wildman–Crippen LogP) is 2.01. The molecule has 1 fully saturated rings. The van der Waals surface area contributed by atoms with Crippen LogP contribution >= 0.6 is 0 Å². The van der Waals surface area contributed by atoms with Gasteiger partial charge in [0.25, 0.3) is 0 Å². The summed E-state index contributed by atoms with van der Waals surface area (Å²) in [5.74, 6) is 1.86. The number of aromatic nitrogens is 2. The highest BCUT2D eigenvalue weighted by molar-refractivity contribution is 5.03. The lowest BCUT2D eigenvalue weighted by Gasteiger charge is -2.21. The van der Waals surface area contributed by atoms with E-state index < -0.39 is 5.60 Å². The van der Waals surface area contributed by atoms with Crippen molar-refractivity contribution in [3.05, 3.63) is 11.7 Å². The molecule has 1 saturated heterocycles. The molecule has 96 valence electrons. The summed E-state index contributed by atoms with van der Waals surface area (Å²) in [7, 11) is 1.68. The Morgan fingerprint density at radius 1 is 1.59 bits per heavy atom. The zero-order chi connectivity index (χ0) is 12.5. The van der Waals surface area contributed by atoms with Crippen molar-refractivity contribution in [2.24, 2.45) is 5.92 Å². The van der Waals surface area contributed by atoms with Crippen LogP contribution in [0.15, 0.2) is 4.52 Å². The molecule has 0 aliphatic carbocycles. The van der Waals surface area contributed by atoms with Crippen LogP contribution in [0.1, 0.15) is 51.4 Å². The standard InChI is InChI=1S/C12H21N3O2/c1-5-12(3,16-4)11-14-10(17-15-11)9-8(2)6-7-13-9/h8-9,13H,5-7H2,1-4H3. The van der Waals surface area contributed by atoms with Crippen LogP contribution in [0.25, 0.3) is 0 Å². The Morgan fingerprint density at radius 2 is 2.35 bits per heavy atom. The van der Waals surface area contributed by atoms with Crippen molar-refractivity contribution in [1.82, 2.24) is 15.5 Å². The molecule has 1 aliphatic rings. The fraction of sp³-hybridized carbons (Fsp3) is 0.833. The lowest BCUT2D eigenvalue weighted by atomic mass is 10.0. The summed E-state index contributed by atoms with van der Waals surface area (Å²) in [6.45, 7) is 7.24. The summed E-state index contributed by atoms with van der Waals surface area (Å²) >= 11 is 0. The largest absolute Gasteiger partial charge is 0.370 e. The van der Waals surface area contributed by atoms with E-state index in [2.05, 4.69) is 29.3 Å². The molecular weight excluding hydrogens is 218 g/mol. The van der Waals surface area contributed by atoms with Crippen molar-refractivity contribution in [1.29, 1.82) is 0 Å². The van der Waals surface area contributed by atoms with Gasteiger partial charge in [-0.3, -0.25) is 0 Å². The van der Waals surface area contributed by atoms with Gasteiger partial charge in [0.05, 0.1) is 6.04 Å². The molecule has 1 aromatic heterocycles. The third kappa shape index (κ3) is 2.21. The molecule has 2 rings (SSSR count). The van der Waals surface area contributed by atoms with Gasteiger partial charge >= 0.3 is 0 Å². The van der Waals surface area contributed by atoms with Crippen LogP contribution in [0.5, 0.6) is 0 Å². The van der Waals surface area contributed by atoms with Crippen LogP contribution in [-0.2, 0) is 10.3 Å².